The van der Waals surface area contributed by atoms with Crippen molar-refractivity contribution in [2.75, 3.05) is 12.4 Å². The molecule has 0 spiro atoms. The number of ether oxygens (including phenoxy) is 1. The van der Waals surface area contributed by atoms with Crippen LogP contribution < -0.4 is 10.1 Å². The fraction of sp³-hybridized carbons (Fsp3) is 0.200. The number of aromatic carboxylic acids is 1. The van der Waals surface area contributed by atoms with Crippen LogP contribution in [0, 0.1) is 13.8 Å². The number of benzene rings is 1. The summed E-state index contributed by atoms with van der Waals surface area (Å²) in [4.78, 5) is 24.9. The number of carbonyl (C=O) groups is 1. The number of carboxylic acid groups (broad SMARTS) is 1. The van der Waals surface area contributed by atoms with E-state index in [0.29, 0.717) is 35.2 Å². The molecule has 0 atom stereocenters. The summed E-state index contributed by atoms with van der Waals surface area (Å²) in [5.41, 5.74) is 3.18. The monoisotopic (exact) mass is 396 g/mol. The first-order valence-electron chi connectivity index (χ1n) is 8.52. The van der Waals surface area contributed by atoms with Gasteiger partial charge in [-0.1, -0.05) is 6.08 Å². The number of thiazole rings is 1. The molecule has 0 aliphatic carbocycles. The molecule has 0 saturated heterocycles. The lowest BCUT2D eigenvalue weighted by Crippen LogP contribution is -2.07. The molecule has 0 bridgehead atoms. The Kier molecular flexibility index (Phi) is 5.70. The van der Waals surface area contributed by atoms with Gasteiger partial charge in [-0.2, -0.15) is 0 Å². The van der Waals surface area contributed by atoms with Gasteiger partial charge in [0, 0.05) is 16.6 Å². The van der Waals surface area contributed by atoms with Crippen LogP contribution in [0.2, 0.25) is 0 Å². The minimum atomic E-state index is -1.02. The second-order valence-electron chi connectivity index (χ2n) is 6.05. The molecule has 3 rings (SSSR count). The van der Waals surface area contributed by atoms with Crippen molar-refractivity contribution in [1.82, 2.24) is 15.0 Å². The number of nitrogens with one attached hydrogen (secondary N) is 1. The van der Waals surface area contributed by atoms with Crippen molar-refractivity contribution in [3.05, 3.63) is 58.1 Å². The topological polar surface area (TPSA) is 97.2 Å². The van der Waals surface area contributed by atoms with Crippen molar-refractivity contribution in [3.8, 4) is 17.3 Å². The van der Waals surface area contributed by atoms with Gasteiger partial charge in [-0.05, 0) is 38.5 Å². The third-order valence-corrected chi connectivity index (χ3v) is 4.89. The van der Waals surface area contributed by atoms with Crippen LogP contribution in [0.5, 0.6) is 5.75 Å². The zero-order chi connectivity index (χ0) is 20.3. The van der Waals surface area contributed by atoms with Gasteiger partial charge in [-0.25, -0.2) is 19.7 Å². The number of aryl methyl sites for hydroxylation is 2. The molecule has 0 radical (unpaired) electrons. The first-order chi connectivity index (χ1) is 13.4. The van der Waals surface area contributed by atoms with E-state index in [0.717, 1.165) is 16.3 Å². The Morgan fingerprint density at radius 1 is 1.32 bits per heavy atom. The van der Waals surface area contributed by atoms with Gasteiger partial charge >= 0.3 is 5.97 Å². The Balaban J connectivity index is 2.08. The van der Waals surface area contributed by atoms with Crippen LogP contribution in [0.25, 0.3) is 11.5 Å². The minimum absolute atomic E-state index is 0.145. The molecule has 0 unspecified atom stereocenters. The third kappa shape index (κ3) is 4.01. The quantitative estimate of drug-likeness (QED) is 0.571. The van der Waals surface area contributed by atoms with E-state index in [4.69, 9.17) is 4.74 Å². The summed E-state index contributed by atoms with van der Waals surface area (Å²) in [5.74, 6) is 0.524. The van der Waals surface area contributed by atoms with Crippen molar-refractivity contribution in [2.24, 2.45) is 0 Å². The molecule has 7 nitrogen and oxygen atoms in total. The highest BCUT2D eigenvalue weighted by molar-refractivity contribution is 7.09. The van der Waals surface area contributed by atoms with Crippen molar-refractivity contribution in [1.29, 1.82) is 0 Å². The largest absolute Gasteiger partial charge is 0.495 e. The van der Waals surface area contributed by atoms with E-state index < -0.39 is 5.97 Å². The second kappa shape index (κ2) is 8.18. The molecule has 0 aliphatic heterocycles. The first kappa shape index (κ1) is 19.5. The fourth-order valence-electron chi connectivity index (χ4n) is 2.72. The van der Waals surface area contributed by atoms with Crippen molar-refractivity contribution >= 4 is 28.8 Å². The maximum absolute atomic E-state index is 11.2. The molecule has 144 valence electrons. The number of aromatic nitrogens is 3. The Hall–Kier alpha value is -3.26. The number of methoxy groups -OCH3 is 1. The molecule has 1 aromatic carbocycles. The normalized spacial score (nSPS) is 10.5. The number of nitrogens with zero attached hydrogens (tertiary/aromatic N) is 3. The third-order valence-electron chi connectivity index (χ3n) is 4.11. The zero-order valence-electron chi connectivity index (χ0n) is 15.8. The molecule has 0 saturated carbocycles. The fourth-order valence-corrected chi connectivity index (χ4v) is 3.32. The van der Waals surface area contributed by atoms with Gasteiger partial charge in [0.1, 0.15) is 17.3 Å². The molecule has 28 heavy (non-hydrogen) atoms. The lowest BCUT2D eigenvalue weighted by Gasteiger charge is -2.16. The predicted molar refractivity (Wildman–Crippen MR) is 110 cm³/mol. The van der Waals surface area contributed by atoms with E-state index in [1.165, 1.54) is 30.6 Å². The van der Waals surface area contributed by atoms with E-state index in [1.807, 2.05) is 19.2 Å². The van der Waals surface area contributed by atoms with Crippen molar-refractivity contribution < 1.29 is 14.6 Å². The summed E-state index contributed by atoms with van der Waals surface area (Å²) in [6, 6.07) is 4.64. The number of hydrogen-bond acceptors (Lipinski definition) is 7. The molecule has 8 heteroatoms. The van der Waals surface area contributed by atoms with Gasteiger partial charge in [-0.3, -0.25) is 0 Å². The minimum Gasteiger partial charge on any atom is -0.495 e. The lowest BCUT2D eigenvalue weighted by atomic mass is 10.1. The highest BCUT2D eigenvalue weighted by Gasteiger charge is 2.16. The highest BCUT2D eigenvalue weighted by atomic mass is 32.1. The summed E-state index contributed by atoms with van der Waals surface area (Å²) < 4.78 is 5.36. The van der Waals surface area contributed by atoms with Crippen LogP contribution in [0.15, 0.2) is 36.2 Å². The van der Waals surface area contributed by atoms with E-state index in [-0.39, 0.29) is 5.56 Å². The average Bonchev–Trinajstić information content (AvgIpc) is 3.10. The summed E-state index contributed by atoms with van der Waals surface area (Å²) >= 11 is 1.54. The molecule has 0 aliphatic rings. The van der Waals surface area contributed by atoms with Crippen LogP contribution in [0.4, 0.5) is 11.5 Å². The van der Waals surface area contributed by atoms with Gasteiger partial charge in [0.2, 0.25) is 0 Å². The van der Waals surface area contributed by atoms with E-state index >= 15 is 0 Å². The van der Waals surface area contributed by atoms with E-state index in [1.54, 1.807) is 12.1 Å². The van der Waals surface area contributed by atoms with Crippen molar-refractivity contribution in [2.45, 2.75) is 20.3 Å². The van der Waals surface area contributed by atoms with Crippen molar-refractivity contribution in [3.63, 3.8) is 0 Å². The first-order valence-corrected chi connectivity index (χ1v) is 9.40. The summed E-state index contributed by atoms with van der Waals surface area (Å²) in [7, 11) is 1.49. The van der Waals surface area contributed by atoms with Crippen LogP contribution in [-0.4, -0.2) is 33.1 Å². The van der Waals surface area contributed by atoms with Gasteiger partial charge in [0.25, 0.3) is 0 Å². The van der Waals surface area contributed by atoms with Crippen LogP contribution in [0.3, 0.4) is 0 Å². The van der Waals surface area contributed by atoms with Crippen LogP contribution in [-0.2, 0) is 6.42 Å². The molecular weight excluding hydrogens is 376 g/mol. The van der Waals surface area contributed by atoms with E-state index in [2.05, 4.69) is 26.8 Å². The number of carboxylic acids is 1. The standard InChI is InChI=1S/C20H20N4O3S/c1-5-6-14-11(2)21-19(16-10-28-12(3)22-16)24-18(14)23-15-8-7-13(20(25)26)9-17(15)27-4/h5,7-10H,1,6H2,2-4H3,(H,25,26)(H,21,23,24). The van der Waals surface area contributed by atoms with Gasteiger partial charge < -0.3 is 15.2 Å². The Morgan fingerprint density at radius 2 is 2.11 bits per heavy atom. The van der Waals surface area contributed by atoms with Crippen LogP contribution >= 0.6 is 11.3 Å². The molecule has 3 aromatic rings. The molecular formula is C20H20N4O3S. The second-order valence-corrected chi connectivity index (χ2v) is 7.11. The maximum atomic E-state index is 11.2. The number of rotatable bonds is 7. The summed E-state index contributed by atoms with van der Waals surface area (Å²) in [6.45, 7) is 7.66. The van der Waals surface area contributed by atoms with Crippen LogP contribution in [0.1, 0.15) is 26.6 Å². The number of anilines is 2. The maximum Gasteiger partial charge on any atom is 0.335 e. The highest BCUT2D eigenvalue weighted by Crippen LogP contribution is 2.31. The number of hydrogen-bond donors (Lipinski definition) is 2. The lowest BCUT2D eigenvalue weighted by molar-refractivity contribution is 0.0696. The Labute approximate surface area is 166 Å². The van der Waals surface area contributed by atoms with Gasteiger partial charge in [0.15, 0.2) is 5.82 Å². The molecule has 2 heterocycles. The molecule has 2 N–H and O–H groups in total. The molecule has 0 fully saturated rings. The summed E-state index contributed by atoms with van der Waals surface area (Å²) in [5, 5.41) is 15.3. The molecule has 2 aromatic heterocycles. The Bertz CT molecular complexity index is 1050. The average molecular weight is 396 g/mol. The predicted octanol–water partition coefficient (Wildman–Crippen LogP) is 4.40. The smallest absolute Gasteiger partial charge is 0.335 e. The molecule has 0 amide bonds. The SMILES string of the molecule is C=CCc1c(C)nc(-c2csc(C)n2)nc1Nc1ccc(C(=O)O)cc1OC. The van der Waals surface area contributed by atoms with E-state index in [9.17, 15) is 9.90 Å². The number of allylic oxidation sites excluding steroid dienone is 1. The zero-order valence-corrected chi connectivity index (χ0v) is 16.6. The van der Waals surface area contributed by atoms with Gasteiger partial charge in [0.05, 0.1) is 23.4 Å². The summed E-state index contributed by atoms with van der Waals surface area (Å²) in [6.07, 6.45) is 2.37. The Morgan fingerprint density at radius 3 is 2.71 bits per heavy atom. The van der Waals surface area contributed by atoms with Gasteiger partial charge in [-0.15, -0.1) is 17.9 Å².